The predicted octanol–water partition coefficient (Wildman–Crippen LogP) is 4.41. The number of hydrogen-bond acceptors (Lipinski definition) is 4. The fraction of sp³-hybridized carbons (Fsp3) is 0.444. The van der Waals surface area contributed by atoms with Crippen LogP contribution in [0.1, 0.15) is 57.1 Å². The number of ether oxygens (including phenoxy) is 1. The molecule has 1 atom stereocenters. The van der Waals surface area contributed by atoms with Crippen molar-refractivity contribution >= 4 is 18.0 Å². The van der Waals surface area contributed by atoms with Crippen molar-refractivity contribution in [2.24, 2.45) is 5.92 Å². The summed E-state index contributed by atoms with van der Waals surface area (Å²) in [6, 6.07) is 16.1. The third kappa shape index (κ3) is 4.65. The molecule has 0 spiro atoms. The van der Waals surface area contributed by atoms with E-state index in [1.807, 2.05) is 38.1 Å². The maximum absolute atomic E-state index is 13.5. The molecule has 0 heterocycles. The average molecular weight is 465 g/mol. The van der Waals surface area contributed by atoms with Gasteiger partial charge in [-0.25, -0.2) is 4.79 Å². The highest BCUT2D eigenvalue weighted by molar-refractivity contribution is 5.91. The molecule has 0 bridgehead atoms. The third-order valence-corrected chi connectivity index (χ3v) is 6.99. The Morgan fingerprint density at radius 2 is 1.62 bits per heavy atom. The van der Waals surface area contributed by atoms with Gasteiger partial charge in [0.25, 0.3) is 0 Å². The average Bonchev–Trinajstić information content (AvgIpc) is 3.61. The summed E-state index contributed by atoms with van der Waals surface area (Å²) in [6.45, 7) is 5.69. The van der Waals surface area contributed by atoms with Gasteiger partial charge in [-0.2, -0.15) is 0 Å². The fourth-order valence-corrected chi connectivity index (χ4v) is 4.95. The highest BCUT2D eigenvalue weighted by Crippen LogP contribution is 2.45. The Bertz CT molecular complexity index is 1050. The molecule has 2 N–H and O–H groups in total. The van der Waals surface area contributed by atoms with Crippen molar-refractivity contribution in [3.8, 4) is 11.1 Å². The van der Waals surface area contributed by atoms with Crippen LogP contribution in [0.2, 0.25) is 0 Å². The molecule has 2 aliphatic rings. The minimum Gasteiger partial charge on any atom is -0.481 e. The van der Waals surface area contributed by atoms with Crippen molar-refractivity contribution in [3.05, 3.63) is 59.7 Å². The van der Waals surface area contributed by atoms with E-state index in [4.69, 9.17) is 9.84 Å². The minimum absolute atomic E-state index is 0.00607. The summed E-state index contributed by atoms with van der Waals surface area (Å²) in [7, 11) is 0. The number of alkyl carbamates (subject to hydrolysis) is 1. The van der Waals surface area contributed by atoms with Gasteiger partial charge in [-0.1, -0.05) is 48.5 Å². The zero-order chi connectivity index (χ0) is 24.5. The Hall–Kier alpha value is -3.35. The van der Waals surface area contributed by atoms with E-state index in [0.717, 1.165) is 35.1 Å². The first kappa shape index (κ1) is 23.8. The number of benzene rings is 2. The first-order chi connectivity index (χ1) is 16.2. The number of nitrogens with zero attached hydrogens (tertiary/aromatic N) is 1. The standard InChI is InChI=1S/C27H32N2O5/c1-17(2)29(15-14-24(30)31)25(32)27(3,18-12-13-18)28-26(33)34-16-23-21-10-6-4-8-19(21)20-9-5-7-11-22(20)23/h4-11,17-18,23H,12-16H2,1-3H3,(H,28,33)(H,30,31). The van der Waals surface area contributed by atoms with Crippen LogP contribution in [0.3, 0.4) is 0 Å². The molecule has 7 heteroatoms. The number of rotatable bonds is 9. The number of carboxylic acids is 1. The summed E-state index contributed by atoms with van der Waals surface area (Å²) >= 11 is 0. The molecule has 0 aromatic heterocycles. The molecule has 0 radical (unpaired) electrons. The molecule has 0 aliphatic heterocycles. The molecule has 4 rings (SSSR count). The van der Waals surface area contributed by atoms with Crippen LogP contribution in [0.4, 0.5) is 4.79 Å². The van der Waals surface area contributed by atoms with Crippen molar-refractivity contribution in [1.29, 1.82) is 0 Å². The van der Waals surface area contributed by atoms with Crippen molar-refractivity contribution in [2.45, 2.75) is 57.5 Å². The number of hydrogen-bond donors (Lipinski definition) is 2. The van der Waals surface area contributed by atoms with E-state index < -0.39 is 17.6 Å². The number of carbonyl (C=O) groups is 3. The molecule has 0 saturated heterocycles. The van der Waals surface area contributed by atoms with Gasteiger partial charge >= 0.3 is 12.1 Å². The summed E-state index contributed by atoms with van der Waals surface area (Å²) in [5, 5.41) is 11.9. The molecule has 2 amide bonds. The van der Waals surface area contributed by atoms with E-state index in [9.17, 15) is 14.4 Å². The Balaban J connectivity index is 1.47. The number of carboxylic acid groups (broad SMARTS) is 1. The summed E-state index contributed by atoms with van der Waals surface area (Å²) in [6.07, 6.45) is 0.884. The van der Waals surface area contributed by atoms with Crippen molar-refractivity contribution in [2.75, 3.05) is 13.2 Å². The second-order valence-electron chi connectivity index (χ2n) is 9.66. The van der Waals surface area contributed by atoms with Crippen molar-refractivity contribution in [3.63, 3.8) is 0 Å². The number of carbonyl (C=O) groups excluding carboxylic acids is 2. The Morgan fingerprint density at radius 1 is 1.06 bits per heavy atom. The lowest BCUT2D eigenvalue weighted by molar-refractivity contribution is -0.142. The second-order valence-corrected chi connectivity index (χ2v) is 9.66. The van der Waals surface area contributed by atoms with Gasteiger partial charge in [0.05, 0.1) is 6.42 Å². The molecular weight excluding hydrogens is 432 g/mol. The molecule has 2 aliphatic carbocycles. The zero-order valence-electron chi connectivity index (χ0n) is 19.9. The smallest absolute Gasteiger partial charge is 0.408 e. The summed E-state index contributed by atoms with van der Waals surface area (Å²) in [5.74, 6) is -1.29. The van der Waals surface area contributed by atoms with Gasteiger partial charge in [0.1, 0.15) is 12.1 Å². The van der Waals surface area contributed by atoms with Crippen LogP contribution in [0, 0.1) is 5.92 Å². The maximum Gasteiger partial charge on any atom is 0.408 e. The molecule has 1 saturated carbocycles. The highest BCUT2D eigenvalue weighted by Gasteiger charge is 2.50. The van der Waals surface area contributed by atoms with E-state index in [1.54, 1.807) is 6.92 Å². The van der Waals surface area contributed by atoms with Gasteiger partial charge in [0.2, 0.25) is 5.91 Å². The van der Waals surface area contributed by atoms with Crippen LogP contribution in [-0.2, 0) is 14.3 Å². The summed E-state index contributed by atoms with van der Waals surface area (Å²) in [5.41, 5.74) is 3.41. The quantitative estimate of drug-likeness (QED) is 0.573. The van der Waals surface area contributed by atoms with Gasteiger partial charge < -0.3 is 20.1 Å². The molecule has 2 aromatic rings. The Kier molecular flexibility index (Phi) is 6.64. The predicted molar refractivity (Wildman–Crippen MR) is 128 cm³/mol. The lowest BCUT2D eigenvalue weighted by Crippen LogP contribution is -2.61. The summed E-state index contributed by atoms with van der Waals surface area (Å²) < 4.78 is 5.69. The molecular formula is C27H32N2O5. The SMILES string of the molecule is CC(C)N(CCC(=O)O)C(=O)C(C)(NC(=O)OCC1c2ccccc2-c2ccccc21)C1CC1. The second kappa shape index (κ2) is 9.49. The van der Waals surface area contributed by atoms with Gasteiger partial charge in [-0.3, -0.25) is 9.59 Å². The third-order valence-electron chi connectivity index (χ3n) is 6.99. The van der Waals surface area contributed by atoms with E-state index in [-0.39, 0.29) is 43.4 Å². The van der Waals surface area contributed by atoms with E-state index >= 15 is 0 Å². The Morgan fingerprint density at radius 3 is 2.12 bits per heavy atom. The van der Waals surface area contributed by atoms with Crippen LogP contribution < -0.4 is 5.32 Å². The number of nitrogens with one attached hydrogen (secondary N) is 1. The van der Waals surface area contributed by atoms with Crippen LogP contribution >= 0.6 is 0 Å². The maximum atomic E-state index is 13.5. The lowest BCUT2D eigenvalue weighted by Gasteiger charge is -2.37. The minimum atomic E-state index is -1.13. The van der Waals surface area contributed by atoms with Crippen LogP contribution in [-0.4, -0.2) is 52.7 Å². The topological polar surface area (TPSA) is 95.9 Å². The molecule has 7 nitrogen and oxygen atoms in total. The van der Waals surface area contributed by atoms with Crippen molar-refractivity contribution < 1.29 is 24.2 Å². The number of aliphatic carboxylic acids is 1. The van der Waals surface area contributed by atoms with Gasteiger partial charge in [-0.15, -0.1) is 0 Å². The van der Waals surface area contributed by atoms with E-state index in [2.05, 4.69) is 29.6 Å². The number of amides is 2. The highest BCUT2D eigenvalue weighted by atomic mass is 16.5. The van der Waals surface area contributed by atoms with E-state index in [1.165, 1.54) is 4.90 Å². The molecule has 34 heavy (non-hydrogen) atoms. The van der Waals surface area contributed by atoms with Crippen LogP contribution in [0.25, 0.3) is 11.1 Å². The van der Waals surface area contributed by atoms with Gasteiger partial charge in [0, 0.05) is 18.5 Å². The van der Waals surface area contributed by atoms with Crippen LogP contribution in [0.15, 0.2) is 48.5 Å². The van der Waals surface area contributed by atoms with Gasteiger partial charge in [0.15, 0.2) is 0 Å². The molecule has 2 aromatic carbocycles. The Labute approximate surface area is 200 Å². The van der Waals surface area contributed by atoms with E-state index in [0.29, 0.717) is 0 Å². The van der Waals surface area contributed by atoms with Crippen molar-refractivity contribution in [1.82, 2.24) is 10.2 Å². The normalized spacial score (nSPS) is 16.4. The lowest BCUT2D eigenvalue weighted by atomic mass is 9.93. The summed E-state index contributed by atoms with van der Waals surface area (Å²) in [4.78, 5) is 39.0. The largest absolute Gasteiger partial charge is 0.481 e. The molecule has 1 fully saturated rings. The number of fused-ring (bicyclic) bond motifs is 3. The zero-order valence-corrected chi connectivity index (χ0v) is 19.9. The fourth-order valence-electron chi connectivity index (χ4n) is 4.95. The first-order valence-corrected chi connectivity index (χ1v) is 11.9. The first-order valence-electron chi connectivity index (χ1n) is 11.9. The monoisotopic (exact) mass is 464 g/mol. The molecule has 180 valence electrons. The van der Waals surface area contributed by atoms with Crippen LogP contribution in [0.5, 0.6) is 0 Å². The molecule has 1 unspecified atom stereocenters. The van der Waals surface area contributed by atoms with Gasteiger partial charge in [-0.05, 0) is 61.8 Å².